The van der Waals surface area contributed by atoms with Crippen LogP contribution in [0.4, 0.5) is 13.2 Å². The van der Waals surface area contributed by atoms with Crippen molar-refractivity contribution in [1.82, 2.24) is 14.1 Å². The van der Waals surface area contributed by atoms with E-state index in [-0.39, 0.29) is 0 Å². The van der Waals surface area contributed by atoms with Crippen molar-refractivity contribution < 1.29 is 22.7 Å². The van der Waals surface area contributed by atoms with Gasteiger partial charge in [-0.2, -0.15) is 13.2 Å². The summed E-state index contributed by atoms with van der Waals surface area (Å²) >= 11 is 1.76. The summed E-state index contributed by atoms with van der Waals surface area (Å²) in [5.41, 5.74) is 5.94. The van der Waals surface area contributed by atoms with Crippen molar-refractivity contribution in [3.8, 4) is 5.75 Å². The zero-order valence-corrected chi connectivity index (χ0v) is 26.7. The number of piperidine rings is 1. The number of carbonyl (C=O) groups is 1. The fourth-order valence-electron chi connectivity index (χ4n) is 5.37. The summed E-state index contributed by atoms with van der Waals surface area (Å²) in [6.07, 6.45) is 9.65. The Morgan fingerprint density at radius 3 is 1.93 bits per heavy atom. The molecule has 4 aliphatic rings. The van der Waals surface area contributed by atoms with Gasteiger partial charge >= 0.3 is 6.18 Å². The van der Waals surface area contributed by atoms with Crippen LogP contribution in [0, 0.1) is 5.92 Å². The minimum absolute atomic E-state index is 0.321. The number of benzene rings is 2. The van der Waals surface area contributed by atoms with Crippen molar-refractivity contribution in [2.75, 3.05) is 45.9 Å². The number of rotatable bonds is 8. The van der Waals surface area contributed by atoms with E-state index in [0.29, 0.717) is 18.5 Å². The van der Waals surface area contributed by atoms with Crippen molar-refractivity contribution in [2.24, 2.45) is 11.7 Å². The van der Waals surface area contributed by atoms with Gasteiger partial charge in [-0.1, -0.05) is 50.7 Å². The van der Waals surface area contributed by atoms with Gasteiger partial charge in [0.25, 0.3) is 0 Å². The number of nitrogens with two attached hydrogens (primary N) is 1. The highest BCUT2D eigenvalue weighted by Crippen LogP contribution is 2.30. The fraction of sp³-hybridized carbons (Fsp3) is 0.618. The molecular formula is C34H49F3N4O2S. The van der Waals surface area contributed by atoms with Crippen molar-refractivity contribution in [1.29, 1.82) is 0 Å². The molecule has 0 bridgehead atoms. The van der Waals surface area contributed by atoms with Crippen molar-refractivity contribution >= 4 is 18.4 Å². The highest BCUT2D eigenvalue weighted by molar-refractivity contribution is 7.97. The zero-order valence-electron chi connectivity index (χ0n) is 25.9. The van der Waals surface area contributed by atoms with Crippen LogP contribution in [0.3, 0.4) is 0 Å². The largest absolute Gasteiger partial charge is 0.493 e. The third-order valence-corrected chi connectivity index (χ3v) is 9.47. The van der Waals surface area contributed by atoms with Gasteiger partial charge in [0.2, 0.25) is 6.41 Å². The monoisotopic (exact) mass is 634 g/mol. The molecule has 0 radical (unpaired) electrons. The van der Waals surface area contributed by atoms with E-state index < -0.39 is 11.7 Å². The number of ether oxygens (including phenoxy) is 1. The number of hydrogen-bond donors (Lipinski definition) is 1. The van der Waals surface area contributed by atoms with Gasteiger partial charge in [-0.3, -0.25) is 9.69 Å². The number of carbonyl (C=O) groups excluding carboxylic acids is 1. The average molecular weight is 635 g/mol. The Balaban J connectivity index is 0.000000305. The average Bonchev–Trinajstić information content (AvgIpc) is 3.93. The maximum atomic E-state index is 12.7. The van der Waals surface area contributed by atoms with Gasteiger partial charge in [0, 0.05) is 56.8 Å². The molecule has 244 valence electrons. The van der Waals surface area contributed by atoms with Crippen LogP contribution in [0.25, 0.3) is 0 Å². The predicted molar refractivity (Wildman–Crippen MR) is 171 cm³/mol. The Hall–Kier alpha value is -2.27. The summed E-state index contributed by atoms with van der Waals surface area (Å²) < 4.78 is 46.5. The Morgan fingerprint density at radius 1 is 0.795 bits per heavy atom. The molecule has 2 aliphatic carbocycles. The topological polar surface area (TPSA) is 62.0 Å². The second-order valence-electron chi connectivity index (χ2n) is 12.3. The molecular weight excluding hydrogens is 585 g/mol. The summed E-state index contributed by atoms with van der Waals surface area (Å²) in [5, 5.41) is 0. The molecule has 6 rings (SSSR count). The smallest absolute Gasteiger partial charge is 0.416 e. The Kier molecular flexibility index (Phi) is 14.2. The molecule has 1 amide bonds. The summed E-state index contributed by atoms with van der Waals surface area (Å²) in [4.78, 5) is 15.4. The molecule has 0 spiro atoms. The Labute approximate surface area is 265 Å². The standard InChI is InChI=1S/C25H31F3N2OS.C6H12N2O.C3H6/c26-25(27,28)22-8-6-20(7-9-22)18-29-14-16-30(17-15-29)32-24-12-10-23(11-13-24)31-19-21-4-2-1-3-5-21;7-6-1-3-8(5-9)4-2-6;1-2-3-1/h6-13,21H,1-5,14-19H2;5-6H,1-4,7H2;1-3H2. The first-order chi connectivity index (χ1) is 21.3. The number of halogens is 3. The van der Waals surface area contributed by atoms with Gasteiger partial charge in [-0.15, -0.1) is 0 Å². The highest BCUT2D eigenvalue weighted by Gasteiger charge is 2.30. The molecule has 0 aromatic heterocycles. The zero-order chi connectivity index (χ0) is 31.2. The Morgan fingerprint density at radius 2 is 1.39 bits per heavy atom. The van der Waals surface area contributed by atoms with Crippen molar-refractivity contribution in [3.63, 3.8) is 0 Å². The van der Waals surface area contributed by atoms with Gasteiger partial charge < -0.3 is 15.4 Å². The maximum absolute atomic E-state index is 12.7. The van der Waals surface area contributed by atoms with Gasteiger partial charge in [0.1, 0.15) is 5.75 Å². The van der Waals surface area contributed by atoms with Crippen LogP contribution in [0.5, 0.6) is 5.75 Å². The lowest BCUT2D eigenvalue weighted by Gasteiger charge is -2.33. The van der Waals surface area contributed by atoms with Gasteiger partial charge in [-0.25, -0.2) is 4.31 Å². The van der Waals surface area contributed by atoms with Crippen LogP contribution in [0.2, 0.25) is 0 Å². The molecule has 44 heavy (non-hydrogen) atoms. The number of hydrogen-bond acceptors (Lipinski definition) is 6. The van der Waals surface area contributed by atoms with Crippen LogP contribution in [0.1, 0.15) is 75.3 Å². The first-order valence-corrected chi connectivity index (χ1v) is 17.0. The molecule has 2 saturated heterocycles. The summed E-state index contributed by atoms with van der Waals surface area (Å²) in [5.74, 6) is 1.65. The summed E-state index contributed by atoms with van der Waals surface area (Å²) in [7, 11) is 0. The lowest BCUT2D eigenvalue weighted by Crippen LogP contribution is -2.42. The lowest BCUT2D eigenvalue weighted by atomic mass is 9.90. The van der Waals surface area contributed by atoms with E-state index in [1.165, 1.54) is 68.4 Å². The van der Waals surface area contributed by atoms with E-state index in [1.54, 1.807) is 29.0 Å². The molecule has 2 aliphatic heterocycles. The third kappa shape index (κ3) is 13.0. The van der Waals surface area contributed by atoms with Crippen molar-refractivity contribution in [2.45, 2.75) is 87.9 Å². The molecule has 2 aromatic rings. The lowest BCUT2D eigenvalue weighted by molar-refractivity contribution is -0.137. The molecule has 6 nitrogen and oxygen atoms in total. The quantitative estimate of drug-likeness (QED) is 0.244. The van der Waals surface area contributed by atoms with Crippen LogP contribution >= 0.6 is 11.9 Å². The molecule has 2 saturated carbocycles. The number of alkyl halides is 3. The van der Waals surface area contributed by atoms with E-state index in [2.05, 4.69) is 33.5 Å². The number of likely N-dealkylation sites (tertiary alicyclic amines) is 1. The number of nitrogens with zero attached hydrogens (tertiary/aromatic N) is 3. The third-order valence-electron chi connectivity index (χ3n) is 8.36. The molecule has 4 fully saturated rings. The van der Waals surface area contributed by atoms with Gasteiger partial charge in [0.15, 0.2) is 0 Å². The van der Waals surface area contributed by atoms with E-state index in [4.69, 9.17) is 10.5 Å². The van der Waals surface area contributed by atoms with Crippen molar-refractivity contribution in [3.05, 3.63) is 59.7 Å². The van der Waals surface area contributed by atoms with Crippen LogP contribution in [-0.2, 0) is 17.5 Å². The normalized spacial score (nSPS) is 20.1. The van der Waals surface area contributed by atoms with Gasteiger partial charge in [-0.05, 0) is 85.5 Å². The molecule has 2 heterocycles. The number of amides is 1. The van der Waals surface area contributed by atoms with E-state index in [0.717, 1.165) is 76.4 Å². The molecule has 2 N–H and O–H groups in total. The summed E-state index contributed by atoms with van der Waals surface area (Å²) in [6, 6.07) is 14.2. The fourth-order valence-corrected chi connectivity index (χ4v) is 6.28. The molecule has 2 aromatic carbocycles. The maximum Gasteiger partial charge on any atom is 0.416 e. The molecule has 10 heteroatoms. The van der Waals surface area contributed by atoms with Crippen LogP contribution in [-0.4, -0.2) is 72.4 Å². The van der Waals surface area contributed by atoms with E-state index in [1.807, 2.05) is 0 Å². The Bertz CT molecular complexity index is 1080. The number of piperazine rings is 1. The first-order valence-electron chi connectivity index (χ1n) is 16.3. The van der Waals surface area contributed by atoms with Crippen LogP contribution < -0.4 is 10.5 Å². The molecule has 0 atom stereocenters. The second-order valence-corrected chi connectivity index (χ2v) is 13.5. The predicted octanol–water partition coefficient (Wildman–Crippen LogP) is 7.23. The van der Waals surface area contributed by atoms with E-state index >= 15 is 0 Å². The minimum atomic E-state index is -4.28. The van der Waals surface area contributed by atoms with E-state index in [9.17, 15) is 18.0 Å². The summed E-state index contributed by atoms with van der Waals surface area (Å²) in [6.45, 7) is 6.83. The van der Waals surface area contributed by atoms with Crippen LogP contribution in [0.15, 0.2) is 53.4 Å². The minimum Gasteiger partial charge on any atom is -0.493 e. The highest BCUT2D eigenvalue weighted by atomic mass is 32.2. The first kappa shape index (κ1) is 34.6. The second kappa shape index (κ2) is 18.0. The molecule has 0 unspecified atom stereocenters. The SMILES string of the molecule is C1CC1.FC(F)(F)c1ccc(CN2CCN(Sc3ccc(OCC4CCCCC4)cc3)CC2)cc1.NC1CCN(C=O)CC1. The van der Waals surface area contributed by atoms with Gasteiger partial charge in [0.05, 0.1) is 12.2 Å².